The van der Waals surface area contributed by atoms with Crippen molar-refractivity contribution in [2.45, 2.75) is 20.3 Å². The monoisotopic (exact) mass is 367 g/mol. The molecular weight excluding hydrogens is 346 g/mol. The van der Waals surface area contributed by atoms with Crippen molar-refractivity contribution in [2.24, 2.45) is 5.92 Å². The molecule has 140 valence electrons. The summed E-state index contributed by atoms with van der Waals surface area (Å²) in [7, 11) is 0. The highest BCUT2D eigenvalue weighted by Crippen LogP contribution is 2.19. The minimum absolute atomic E-state index is 0.112. The SMILES string of the molecule is CCOC(=O)C(C/C=C/c1ccc(C)cc1)C(=O)c1ccc([N+](=O)[O-])cc1. The first kappa shape index (κ1) is 20.0. The van der Waals surface area contributed by atoms with E-state index in [0.717, 1.165) is 11.1 Å². The number of carbonyl (C=O) groups excluding carboxylic acids is 2. The van der Waals surface area contributed by atoms with Crippen molar-refractivity contribution in [1.29, 1.82) is 0 Å². The lowest BCUT2D eigenvalue weighted by atomic mass is 9.94. The molecule has 6 heteroatoms. The van der Waals surface area contributed by atoms with Crippen LogP contribution >= 0.6 is 0 Å². The molecule has 27 heavy (non-hydrogen) atoms. The van der Waals surface area contributed by atoms with E-state index in [0.29, 0.717) is 0 Å². The average Bonchev–Trinajstić information content (AvgIpc) is 2.66. The lowest BCUT2D eigenvalue weighted by molar-refractivity contribution is -0.384. The maximum absolute atomic E-state index is 12.7. The molecule has 0 aliphatic carbocycles. The Labute approximate surface area is 157 Å². The largest absolute Gasteiger partial charge is 0.465 e. The molecule has 6 nitrogen and oxygen atoms in total. The highest BCUT2D eigenvalue weighted by atomic mass is 16.6. The predicted octanol–water partition coefficient (Wildman–Crippen LogP) is 4.37. The summed E-state index contributed by atoms with van der Waals surface area (Å²) < 4.78 is 5.03. The van der Waals surface area contributed by atoms with E-state index in [2.05, 4.69) is 0 Å². The van der Waals surface area contributed by atoms with Crippen LogP contribution < -0.4 is 0 Å². The smallest absolute Gasteiger partial charge is 0.317 e. The zero-order valence-corrected chi connectivity index (χ0v) is 15.3. The van der Waals surface area contributed by atoms with Crippen LogP contribution in [-0.2, 0) is 9.53 Å². The number of esters is 1. The van der Waals surface area contributed by atoms with Gasteiger partial charge in [-0.05, 0) is 38.0 Å². The molecule has 0 amide bonds. The maximum Gasteiger partial charge on any atom is 0.317 e. The van der Waals surface area contributed by atoms with Crippen LogP contribution in [0.25, 0.3) is 6.08 Å². The lowest BCUT2D eigenvalue weighted by Gasteiger charge is -2.13. The van der Waals surface area contributed by atoms with E-state index in [4.69, 9.17) is 4.74 Å². The normalized spacial score (nSPS) is 11.9. The Bertz CT molecular complexity index is 838. The number of benzene rings is 2. The summed E-state index contributed by atoms with van der Waals surface area (Å²) in [6.07, 6.45) is 3.78. The molecule has 0 saturated heterocycles. The van der Waals surface area contributed by atoms with Crippen molar-refractivity contribution in [3.63, 3.8) is 0 Å². The molecule has 2 aromatic carbocycles. The van der Waals surface area contributed by atoms with Crippen LogP contribution in [0.15, 0.2) is 54.6 Å². The molecule has 0 heterocycles. The second-order valence-electron chi connectivity index (χ2n) is 6.02. The minimum Gasteiger partial charge on any atom is -0.465 e. The van der Waals surface area contributed by atoms with Crippen molar-refractivity contribution in [3.05, 3.63) is 81.4 Å². The van der Waals surface area contributed by atoms with Crippen molar-refractivity contribution in [2.75, 3.05) is 6.61 Å². The van der Waals surface area contributed by atoms with Crippen LogP contribution in [0.1, 0.15) is 34.8 Å². The van der Waals surface area contributed by atoms with Crippen molar-refractivity contribution < 1.29 is 19.2 Å². The molecule has 0 fully saturated rings. The standard InChI is InChI=1S/C21H21NO5/c1-3-27-21(24)19(6-4-5-16-9-7-15(2)8-10-16)20(23)17-11-13-18(14-12-17)22(25)26/h4-5,7-14,19H,3,6H2,1-2H3/b5-4+. The van der Waals surface area contributed by atoms with Gasteiger partial charge >= 0.3 is 5.97 Å². The molecular formula is C21H21NO5. The van der Waals surface area contributed by atoms with Gasteiger partial charge < -0.3 is 4.74 Å². The number of hydrogen-bond acceptors (Lipinski definition) is 5. The minimum atomic E-state index is -0.992. The van der Waals surface area contributed by atoms with Gasteiger partial charge in [0, 0.05) is 17.7 Å². The Balaban J connectivity index is 2.17. The van der Waals surface area contributed by atoms with Gasteiger partial charge in [0.2, 0.25) is 0 Å². The number of nitro groups is 1. The number of carbonyl (C=O) groups is 2. The third-order valence-corrected chi connectivity index (χ3v) is 4.01. The van der Waals surface area contributed by atoms with Crippen LogP contribution in [0.4, 0.5) is 5.69 Å². The van der Waals surface area contributed by atoms with Crippen molar-refractivity contribution in [3.8, 4) is 0 Å². The summed E-state index contributed by atoms with van der Waals surface area (Å²) in [6, 6.07) is 13.1. The first-order chi connectivity index (χ1) is 12.9. The molecule has 1 atom stereocenters. The van der Waals surface area contributed by atoms with Crippen LogP contribution in [0.3, 0.4) is 0 Å². The fourth-order valence-corrected chi connectivity index (χ4v) is 2.52. The maximum atomic E-state index is 12.7. The number of hydrogen-bond donors (Lipinski definition) is 0. The highest BCUT2D eigenvalue weighted by molar-refractivity contribution is 6.08. The van der Waals surface area contributed by atoms with E-state index >= 15 is 0 Å². The van der Waals surface area contributed by atoms with Gasteiger partial charge in [0.05, 0.1) is 11.5 Å². The Kier molecular flexibility index (Phi) is 7.00. The summed E-state index contributed by atoms with van der Waals surface area (Å²) in [5.74, 6) is -2.01. The number of aryl methyl sites for hydroxylation is 1. The van der Waals surface area contributed by atoms with Crippen LogP contribution in [0.5, 0.6) is 0 Å². The van der Waals surface area contributed by atoms with Crippen molar-refractivity contribution >= 4 is 23.5 Å². The number of nitrogens with zero attached hydrogens (tertiary/aromatic N) is 1. The van der Waals surface area contributed by atoms with E-state index in [1.54, 1.807) is 13.0 Å². The van der Waals surface area contributed by atoms with Gasteiger partial charge in [0.15, 0.2) is 5.78 Å². The fourth-order valence-electron chi connectivity index (χ4n) is 2.52. The number of rotatable bonds is 8. The average molecular weight is 367 g/mol. The Morgan fingerprint density at radius 2 is 1.74 bits per heavy atom. The van der Waals surface area contributed by atoms with E-state index in [1.165, 1.54) is 24.3 Å². The second kappa shape index (κ2) is 9.43. The third kappa shape index (κ3) is 5.60. The van der Waals surface area contributed by atoms with Gasteiger partial charge in [0.25, 0.3) is 5.69 Å². The van der Waals surface area contributed by atoms with E-state index < -0.39 is 22.6 Å². The summed E-state index contributed by atoms with van der Waals surface area (Å²) in [5, 5.41) is 10.7. The van der Waals surface area contributed by atoms with E-state index in [9.17, 15) is 19.7 Å². The summed E-state index contributed by atoms with van der Waals surface area (Å²) >= 11 is 0. The molecule has 0 aliphatic rings. The van der Waals surface area contributed by atoms with Gasteiger partial charge in [-0.2, -0.15) is 0 Å². The second-order valence-corrected chi connectivity index (χ2v) is 6.02. The summed E-state index contributed by atoms with van der Waals surface area (Å²) in [5.41, 5.74) is 2.23. The molecule has 2 rings (SSSR count). The quantitative estimate of drug-likeness (QED) is 0.227. The van der Waals surface area contributed by atoms with Crippen LogP contribution in [-0.4, -0.2) is 23.3 Å². The van der Waals surface area contributed by atoms with E-state index in [1.807, 2.05) is 37.3 Å². The zero-order valence-electron chi connectivity index (χ0n) is 15.3. The Morgan fingerprint density at radius 1 is 1.11 bits per heavy atom. The van der Waals surface area contributed by atoms with Crippen LogP contribution in [0, 0.1) is 23.0 Å². The molecule has 2 aromatic rings. The predicted molar refractivity (Wildman–Crippen MR) is 102 cm³/mol. The molecule has 0 aromatic heterocycles. The van der Waals surface area contributed by atoms with Gasteiger partial charge in [0.1, 0.15) is 5.92 Å². The first-order valence-corrected chi connectivity index (χ1v) is 8.61. The third-order valence-electron chi connectivity index (χ3n) is 4.01. The zero-order chi connectivity index (χ0) is 19.8. The first-order valence-electron chi connectivity index (χ1n) is 8.61. The fraction of sp³-hybridized carbons (Fsp3) is 0.238. The van der Waals surface area contributed by atoms with Gasteiger partial charge in [-0.15, -0.1) is 0 Å². The molecule has 0 N–H and O–H groups in total. The number of allylic oxidation sites excluding steroid dienone is 1. The van der Waals surface area contributed by atoms with Crippen LogP contribution in [0.2, 0.25) is 0 Å². The number of ether oxygens (including phenoxy) is 1. The molecule has 0 saturated carbocycles. The lowest BCUT2D eigenvalue weighted by Crippen LogP contribution is -2.26. The molecule has 0 spiro atoms. The Morgan fingerprint density at radius 3 is 2.30 bits per heavy atom. The van der Waals surface area contributed by atoms with E-state index in [-0.39, 0.29) is 24.3 Å². The Hall–Kier alpha value is -3.28. The van der Waals surface area contributed by atoms with Gasteiger partial charge in [-0.3, -0.25) is 19.7 Å². The topological polar surface area (TPSA) is 86.5 Å². The number of nitro benzene ring substituents is 1. The number of ketones is 1. The summed E-state index contributed by atoms with van der Waals surface area (Å²) in [6.45, 7) is 3.84. The van der Waals surface area contributed by atoms with Crippen molar-refractivity contribution in [1.82, 2.24) is 0 Å². The molecule has 0 bridgehead atoms. The number of non-ortho nitro benzene ring substituents is 1. The molecule has 1 unspecified atom stereocenters. The van der Waals surface area contributed by atoms with Gasteiger partial charge in [-0.1, -0.05) is 42.0 Å². The number of Topliss-reactive ketones (excluding diaryl/α,β-unsaturated/α-hetero) is 1. The molecule has 0 aliphatic heterocycles. The highest BCUT2D eigenvalue weighted by Gasteiger charge is 2.28. The van der Waals surface area contributed by atoms with Gasteiger partial charge in [-0.25, -0.2) is 0 Å². The summed E-state index contributed by atoms with van der Waals surface area (Å²) in [4.78, 5) is 35.2. The molecule has 0 radical (unpaired) electrons.